The molecule has 0 aromatic heterocycles. The van der Waals surface area contributed by atoms with Crippen molar-refractivity contribution >= 4 is 7.69 Å². The van der Waals surface area contributed by atoms with Gasteiger partial charge in [-0.05, 0) is 12.0 Å². The van der Waals surface area contributed by atoms with E-state index >= 15 is 0 Å². The summed E-state index contributed by atoms with van der Waals surface area (Å²) in [6, 6.07) is 10.3. The van der Waals surface area contributed by atoms with Crippen molar-refractivity contribution in [3.63, 3.8) is 0 Å². The number of benzene rings is 1. The first-order valence-electron chi connectivity index (χ1n) is 4.21. The van der Waals surface area contributed by atoms with Gasteiger partial charge in [0.15, 0.2) is 0 Å². The highest BCUT2D eigenvalue weighted by atomic mass is 16.6. The highest BCUT2D eigenvalue weighted by Gasteiger charge is 2.16. The molecule has 62 valence electrons. The summed E-state index contributed by atoms with van der Waals surface area (Å²) in [5.74, 6) is 0. The van der Waals surface area contributed by atoms with Crippen LogP contribution in [0.1, 0.15) is 18.1 Å². The van der Waals surface area contributed by atoms with Crippen molar-refractivity contribution in [3.8, 4) is 0 Å². The molecule has 2 nitrogen and oxygen atoms in total. The van der Waals surface area contributed by atoms with Crippen LogP contribution in [0.5, 0.6) is 0 Å². The largest absolute Gasteiger partial charge is 0.438 e. The smallest absolute Gasteiger partial charge is 0.414 e. The summed E-state index contributed by atoms with van der Waals surface area (Å²) < 4.78 is 10.5. The van der Waals surface area contributed by atoms with E-state index in [1.807, 2.05) is 18.2 Å². The highest BCUT2D eigenvalue weighted by Crippen LogP contribution is 2.22. The van der Waals surface area contributed by atoms with Gasteiger partial charge in [0.05, 0.1) is 6.10 Å². The van der Waals surface area contributed by atoms with Gasteiger partial charge in [0.25, 0.3) is 0 Å². The van der Waals surface area contributed by atoms with E-state index in [2.05, 4.69) is 12.1 Å². The number of hydrogen-bond acceptors (Lipinski definition) is 2. The van der Waals surface area contributed by atoms with Gasteiger partial charge in [-0.2, -0.15) is 0 Å². The molecule has 1 aromatic rings. The molecule has 1 aliphatic rings. The zero-order valence-corrected chi connectivity index (χ0v) is 6.90. The van der Waals surface area contributed by atoms with Gasteiger partial charge in [0.2, 0.25) is 0 Å². The molecule has 12 heavy (non-hydrogen) atoms. The minimum absolute atomic E-state index is 0.236. The lowest BCUT2D eigenvalue weighted by atomic mass is 10.0. The molecule has 0 saturated carbocycles. The second-order valence-corrected chi connectivity index (χ2v) is 2.88. The van der Waals surface area contributed by atoms with Crippen LogP contribution < -0.4 is 0 Å². The summed E-state index contributed by atoms with van der Waals surface area (Å²) in [4.78, 5) is 0. The standard InChI is InChI=1S/C9H11BO2/c1-2-4-8(5-3-1)9-6-7-11-10-12-9/h1-5,9-10H,6-7H2. The molecule has 1 aromatic carbocycles. The van der Waals surface area contributed by atoms with Gasteiger partial charge in [-0.3, -0.25) is 0 Å². The monoisotopic (exact) mass is 162 g/mol. The lowest BCUT2D eigenvalue weighted by Gasteiger charge is -2.22. The minimum atomic E-state index is 0.236. The van der Waals surface area contributed by atoms with E-state index in [9.17, 15) is 0 Å². The van der Waals surface area contributed by atoms with Gasteiger partial charge < -0.3 is 9.31 Å². The summed E-state index contributed by atoms with van der Waals surface area (Å²) in [6.45, 7) is 0.805. The van der Waals surface area contributed by atoms with Gasteiger partial charge in [-0.25, -0.2) is 0 Å². The van der Waals surface area contributed by atoms with E-state index < -0.39 is 0 Å². The maximum atomic E-state index is 5.44. The quantitative estimate of drug-likeness (QED) is 0.581. The molecule has 0 spiro atoms. The van der Waals surface area contributed by atoms with Crippen LogP contribution in [-0.4, -0.2) is 14.3 Å². The third-order valence-corrected chi connectivity index (χ3v) is 2.05. The molecule has 2 rings (SSSR count). The topological polar surface area (TPSA) is 18.5 Å². The first-order valence-corrected chi connectivity index (χ1v) is 4.21. The van der Waals surface area contributed by atoms with Gasteiger partial charge >= 0.3 is 7.69 Å². The summed E-state index contributed by atoms with van der Waals surface area (Å²) in [5, 5.41) is 0. The summed E-state index contributed by atoms with van der Waals surface area (Å²) in [5.41, 5.74) is 1.25. The van der Waals surface area contributed by atoms with Crippen LogP contribution in [0, 0.1) is 0 Å². The van der Waals surface area contributed by atoms with E-state index in [0.717, 1.165) is 13.0 Å². The van der Waals surface area contributed by atoms with Gasteiger partial charge in [0.1, 0.15) is 0 Å². The molecule has 0 radical (unpaired) electrons. The van der Waals surface area contributed by atoms with Crippen molar-refractivity contribution in [2.75, 3.05) is 6.61 Å². The van der Waals surface area contributed by atoms with Crippen LogP contribution in [0.25, 0.3) is 0 Å². The Labute approximate surface area is 72.8 Å². The Bertz CT molecular complexity index is 232. The van der Waals surface area contributed by atoms with Gasteiger partial charge in [0, 0.05) is 6.61 Å². The van der Waals surface area contributed by atoms with Crippen LogP contribution in [0.2, 0.25) is 0 Å². The van der Waals surface area contributed by atoms with E-state index in [0.29, 0.717) is 7.69 Å². The molecule has 0 aliphatic carbocycles. The molecule has 3 heteroatoms. The van der Waals surface area contributed by atoms with Gasteiger partial charge in [-0.15, -0.1) is 0 Å². The van der Waals surface area contributed by atoms with Crippen LogP contribution in [0.3, 0.4) is 0 Å². The fourth-order valence-corrected chi connectivity index (χ4v) is 1.39. The minimum Gasteiger partial charge on any atom is -0.414 e. The third kappa shape index (κ3) is 1.68. The number of hydrogen-bond donors (Lipinski definition) is 0. The maximum absolute atomic E-state index is 5.44. The Hall–Kier alpha value is -0.795. The molecular weight excluding hydrogens is 151 g/mol. The third-order valence-electron chi connectivity index (χ3n) is 2.05. The maximum Gasteiger partial charge on any atom is 0.438 e. The van der Waals surface area contributed by atoms with Crippen molar-refractivity contribution in [1.29, 1.82) is 0 Å². The molecule has 1 heterocycles. The summed E-state index contributed by atoms with van der Waals surface area (Å²) in [7, 11) is 0.430. The summed E-state index contributed by atoms with van der Waals surface area (Å²) in [6.07, 6.45) is 1.20. The Morgan fingerprint density at radius 1 is 1.25 bits per heavy atom. The molecule has 1 fully saturated rings. The molecule has 1 unspecified atom stereocenters. The van der Waals surface area contributed by atoms with Crippen LogP contribution in [0.15, 0.2) is 30.3 Å². The predicted octanol–water partition coefficient (Wildman–Crippen LogP) is 1.43. The van der Waals surface area contributed by atoms with E-state index in [1.54, 1.807) is 0 Å². The Balaban J connectivity index is 2.08. The Morgan fingerprint density at radius 3 is 2.75 bits per heavy atom. The van der Waals surface area contributed by atoms with Crippen LogP contribution in [0.4, 0.5) is 0 Å². The van der Waals surface area contributed by atoms with Crippen LogP contribution >= 0.6 is 0 Å². The fourth-order valence-electron chi connectivity index (χ4n) is 1.39. The molecule has 1 saturated heterocycles. The van der Waals surface area contributed by atoms with E-state index in [-0.39, 0.29) is 6.10 Å². The normalized spacial score (nSPS) is 23.2. The Morgan fingerprint density at radius 2 is 2.08 bits per heavy atom. The van der Waals surface area contributed by atoms with Crippen molar-refractivity contribution < 1.29 is 9.31 Å². The lowest BCUT2D eigenvalue weighted by Crippen LogP contribution is -2.19. The average molecular weight is 162 g/mol. The van der Waals surface area contributed by atoms with E-state index in [4.69, 9.17) is 9.31 Å². The average Bonchev–Trinajstić information content (AvgIpc) is 2.21. The molecule has 0 amide bonds. The van der Waals surface area contributed by atoms with E-state index in [1.165, 1.54) is 5.56 Å². The van der Waals surface area contributed by atoms with Crippen molar-refractivity contribution in [1.82, 2.24) is 0 Å². The predicted molar refractivity (Wildman–Crippen MR) is 48.0 cm³/mol. The van der Waals surface area contributed by atoms with Gasteiger partial charge in [-0.1, -0.05) is 30.3 Å². The van der Waals surface area contributed by atoms with Crippen molar-refractivity contribution in [2.45, 2.75) is 12.5 Å². The first kappa shape index (κ1) is 7.83. The second kappa shape index (κ2) is 3.74. The summed E-state index contributed by atoms with van der Waals surface area (Å²) >= 11 is 0. The van der Waals surface area contributed by atoms with Crippen molar-refractivity contribution in [3.05, 3.63) is 35.9 Å². The number of rotatable bonds is 1. The molecule has 1 atom stereocenters. The molecule has 0 N–H and O–H groups in total. The Kier molecular flexibility index (Phi) is 2.44. The van der Waals surface area contributed by atoms with Crippen molar-refractivity contribution in [2.24, 2.45) is 0 Å². The molecule has 1 aliphatic heterocycles. The SMILES string of the molecule is B1OCCC(c2ccccc2)O1. The van der Waals surface area contributed by atoms with Crippen LogP contribution in [-0.2, 0) is 9.31 Å². The highest BCUT2D eigenvalue weighted by molar-refractivity contribution is 6.18. The molecule has 0 bridgehead atoms. The first-order chi connectivity index (χ1) is 5.97. The zero-order chi connectivity index (χ0) is 8.23. The second-order valence-electron chi connectivity index (χ2n) is 2.88. The lowest BCUT2D eigenvalue weighted by molar-refractivity contribution is 0.0854. The fraction of sp³-hybridized carbons (Fsp3) is 0.333. The zero-order valence-electron chi connectivity index (χ0n) is 6.90. The molecular formula is C9H11BO2.